The highest BCUT2D eigenvalue weighted by Gasteiger charge is 2.17. The number of methoxy groups -OCH3 is 3. The van der Waals surface area contributed by atoms with Crippen LogP contribution >= 0.6 is 11.3 Å². The van der Waals surface area contributed by atoms with Crippen LogP contribution in [0.15, 0.2) is 30.3 Å². The molecule has 154 valence electrons. The maximum absolute atomic E-state index is 12.8. The topological polar surface area (TPSA) is 64.6 Å². The predicted molar refractivity (Wildman–Crippen MR) is 111 cm³/mol. The number of ether oxygens (including phenoxy) is 3. The predicted octanol–water partition coefficient (Wildman–Crippen LogP) is 1.85. The molecule has 0 unspecified atom stereocenters. The number of carbonyl (C=O) groups is 1. The van der Waals surface area contributed by atoms with E-state index in [1.807, 2.05) is 28.4 Å². The van der Waals surface area contributed by atoms with Crippen LogP contribution in [-0.2, 0) is 22.5 Å². The molecule has 1 aromatic heterocycles. The van der Waals surface area contributed by atoms with Crippen molar-refractivity contribution in [3.05, 3.63) is 45.6 Å². The number of nitrogens with zero attached hydrogens (tertiary/aromatic N) is 1. The van der Waals surface area contributed by atoms with E-state index in [4.69, 9.17) is 14.2 Å². The zero-order valence-electron chi connectivity index (χ0n) is 17.2. The van der Waals surface area contributed by atoms with Gasteiger partial charge in [0.05, 0.1) is 33.9 Å². The Morgan fingerprint density at radius 2 is 1.89 bits per heavy atom. The number of quaternary nitrogens is 1. The zero-order chi connectivity index (χ0) is 20.4. The van der Waals surface area contributed by atoms with E-state index in [0.717, 1.165) is 18.5 Å². The number of aryl methyl sites for hydroxylation is 1. The lowest BCUT2D eigenvalue weighted by atomic mass is 10.1. The molecule has 0 bridgehead atoms. The number of hydrogen-bond acceptors (Lipinski definition) is 5. The molecule has 0 spiro atoms. The molecule has 0 saturated carbocycles. The molecule has 0 aliphatic heterocycles. The Morgan fingerprint density at radius 3 is 2.54 bits per heavy atom. The van der Waals surface area contributed by atoms with Crippen LogP contribution in [0.5, 0.6) is 11.5 Å². The molecule has 1 heterocycles. The maximum Gasteiger partial charge on any atom is 0.278 e. The Morgan fingerprint density at radius 1 is 1.11 bits per heavy atom. The van der Waals surface area contributed by atoms with Gasteiger partial charge in [-0.15, -0.1) is 11.3 Å². The highest BCUT2D eigenvalue weighted by atomic mass is 32.1. The third kappa shape index (κ3) is 6.82. The van der Waals surface area contributed by atoms with Crippen LogP contribution < -0.4 is 14.8 Å². The van der Waals surface area contributed by atoms with E-state index in [0.29, 0.717) is 37.7 Å². The summed E-state index contributed by atoms with van der Waals surface area (Å²) in [6.45, 7) is 5.24. The highest BCUT2D eigenvalue weighted by molar-refractivity contribution is 7.11. The number of rotatable bonds is 12. The summed E-state index contributed by atoms with van der Waals surface area (Å²) in [5.74, 6) is 1.56. The molecule has 0 aliphatic carbocycles. The molecule has 28 heavy (non-hydrogen) atoms. The van der Waals surface area contributed by atoms with Crippen LogP contribution in [0.1, 0.15) is 15.3 Å². The molecule has 2 aromatic rings. The first-order chi connectivity index (χ1) is 13.6. The van der Waals surface area contributed by atoms with Crippen LogP contribution in [0.25, 0.3) is 0 Å². The molecule has 7 heteroatoms. The van der Waals surface area contributed by atoms with Crippen LogP contribution in [0, 0.1) is 6.92 Å². The molecule has 6 nitrogen and oxygen atoms in total. The van der Waals surface area contributed by atoms with E-state index in [1.54, 1.807) is 32.7 Å². The molecular weight excluding hydrogens is 376 g/mol. The van der Waals surface area contributed by atoms with E-state index < -0.39 is 0 Å². The zero-order valence-corrected chi connectivity index (χ0v) is 18.0. The fourth-order valence-electron chi connectivity index (χ4n) is 2.91. The van der Waals surface area contributed by atoms with Crippen LogP contribution in [0.4, 0.5) is 0 Å². The number of amides is 1. The lowest BCUT2D eigenvalue weighted by Crippen LogP contribution is -2.87. The summed E-state index contributed by atoms with van der Waals surface area (Å²) < 4.78 is 15.7. The highest BCUT2D eigenvalue weighted by Crippen LogP contribution is 2.28. The molecule has 0 fully saturated rings. The Bertz CT molecular complexity index is 748. The van der Waals surface area contributed by atoms with Crippen molar-refractivity contribution in [3.8, 4) is 11.5 Å². The lowest BCUT2D eigenvalue weighted by Gasteiger charge is -2.22. The average Bonchev–Trinajstić information content (AvgIpc) is 3.12. The molecule has 0 aliphatic rings. The van der Waals surface area contributed by atoms with Gasteiger partial charge in [-0.05, 0) is 43.2 Å². The normalized spacial score (nSPS) is 10.7. The average molecular weight is 408 g/mol. The Labute approximate surface area is 171 Å². The van der Waals surface area contributed by atoms with Gasteiger partial charge in [0.1, 0.15) is 0 Å². The Kier molecular flexibility index (Phi) is 9.27. The SMILES string of the molecule is COCC[NH2+]CC(=O)N(CCc1ccc(OC)c(OC)c1)Cc1ccc(C)s1. The van der Waals surface area contributed by atoms with Gasteiger partial charge in [-0.25, -0.2) is 0 Å². The molecule has 0 atom stereocenters. The van der Waals surface area contributed by atoms with E-state index >= 15 is 0 Å². The summed E-state index contributed by atoms with van der Waals surface area (Å²) in [4.78, 5) is 17.2. The minimum Gasteiger partial charge on any atom is -0.493 e. The van der Waals surface area contributed by atoms with E-state index in [-0.39, 0.29) is 5.91 Å². The Balaban J connectivity index is 2.02. The lowest BCUT2D eigenvalue weighted by molar-refractivity contribution is -0.646. The second kappa shape index (κ2) is 11.7. The molecular formula is C21H31N2O4S+. The largest absolute Gasteiger partial charge is 0.493 e. The summed E-state index contributed by atoms with van der Waals surface area (Å²) in [5.41, 5.74) is 1.11. The summed E-state index contributed by atoms with van der Waals surface area (Å²) in [7, 11) is 4.93. The van der Waals surface area contributed by atoms with Crippen LogP contribution in [-0.4, -0.2) is 58.4 Å². The quantitative estimate of drug-likeness (QED) is 0.546. The van der Waals surface area contributed by atoms with Gasteiger partial charge in [0, 0.05) is 23.4 Å². The molecule has 0 radical (unpaired) electrons. The Hall–Kier alpha value is -2.09. The number of benzene rings is 1. The van der Waals surface area contributed by atoms with Crippen LogP contribution in [0.2, 0.25) is 0 Å². The third-order valence-corrected chi connectivity index (χ3v) is 5.44. The van der Waals surface area contributed by atoms with Gasteiger partial charge in [0.2, 0.25) is 0 Å². The molecule has 1 amide bonds. The second-order valence-corrected chi connectivity index (χ2v) is 7.91. The van der Waals surface area contributed by atoms with E-state index in [1.165, 1.54) is 9.75 Å². The van der Waals surface area contributed by atoms with Gasteiger partial charge in [-0.1, -0.05) is 6.07 Å². The van der Waals surface area contributed by atoms with Gasteiger partial charge >= 0.3 is 0 Å². The van der Waals surface area contributed by atoms with E-state index in [9.17, 15) is 4.79 Å². The van der Waals surface area contributed by atoms with Gasteiger partial charge in [0.15, 0.2) is 18.0 Å². The van der Waals surface area contributed by atoms with Gasteiger partial charge in [0.25, 0.3) is 5.91 Å². The van der Waals surface area contributed by atoms with Crippen molar-refractivity contribution in [1.29, 1.82) is 0 Å². The van der Waals surface area contributed by atoms with Gasteiger partial charge in [-0.2, -0.15) is 0 Å². The number of hydrogen-bond donors (Lipinski definition) is 1. The number of nitrogens with two attached hydrogens (primary N) is 1. The summed E-state index contributed by atoms with van der Waals surface area (Å²) >= 11 is 1.74. The summed E-state index contributed by atoms with van der Waals surface area (Å²) in [5, 5.41) is 1.99. The van der Waals surface area contributed by atoms with Crippen molar-refractivity contribution >= 4 is 17.2 Å². The van der Waals surface area contributed by atoms with Crippen molar-refractivity contribution in [2.24, 2.45) is 0 Å². The fraction of sp³-hybridized carbons (Fsp3) is 0.476. The number of thiophene rings is 1. The molecule has 1 aromatic carbocycles. The van der Waals surface area contributed by atoms with Crippen LogP contribution in [0.3, 0.4) is 0 Å². The minimum absolute atomic E-state index is 0.141. The van der Waals surface area contributed by atoms with Crippen molar-refractivity contribution in [2.75, 3.05) is 47.6 Å². The van der Waals surface area contributed by atoms with Crippen molar-refractivity contribution < 1.29 is 24.3 Å². The number of carbonyl (C=O) groups excluding carboxylic acids is 1. The van der Waals surface area contributed by atoms with Gasteiger partial charge < -0.3 is 24.4 Å². The van der Waals surface area contributed by atoms with Crippen molar-refractivity contribution in [2.45, 2.75) is 19.9 Å². The van der Waals surface area contributed by atoms with Crippen molar-refractivity contribution in [3.63, 3.8) is 0 Å². The summed E-state index contributed by atoms with van der Waals surface area (Å²) in [6.07, 6.45) is 0.758. The first-order valence-electron chi connectivity index (χ1n) is 9.42. The third-order valence-electron chi connectivity index (χ3n) is 4.46. The first-order valence-corrected chi connectivity index (χ1v) is 10.2. The van der Waals surface area contributed by atoms with Gasteiger partial charge in [-0.3, -0.25) is 4.79 Å². The second-order valence-electron chi connectivity index (χ2n) is 6.54. The van der Waals surface area contributed by atoms with Crippen molar-refractivity contribution in [1.82, 2.24) is 4.90 Å². The van der Waals surface area contributed by atoms with E-state index in [2.05, 4.69) is 19.1 Å². The standard InChI is InChI=1S/C21H30N2O4S/c1-16-5-7-18(28-16)15-23(21(24)14-22-10-12-25-2)11-9-17-6-8-19(26-3)20(13-17)27-4/h5-8,13,22H,9-12,14-15H2,1-4H3/p+1. The molecule has 0 saturated heterocycles. The maximum atomic E-state index is 12.8. The smallest absolute Gasteiger partial charge is 0.278 e. The fourth-order valence-corrected chi connectivity index (χ4v) is 3.81. The summed E-state index contributed by atoms with van der Waals surface area (Å²) in [6, 6.07) is 10.1. The molecule has 2 rings (SSSR count). The minimum atomic E-state index is 0.141. The first kappa shape index (κ1) is 22.2. The monoisotopic (exact) mass is 407 g/mol. The molecule has 2 N–H and O–H groups in total.